The van der Waals surface area contributed by atoms with Crippen LogP contribution in [0.2, 0.25) is 0 Å². The smallest absolute Gasteiger partial charge is 0.191 e. The number of rotatable bonds is 5. The summed E-state index contributed by atoms with van der Waals surface area (Å²) in [4.78, 5) is 4.78. The van der Waals surface area contributed by atoms with E-state index in [2.05, 4.69) is 43.4 Å². The largest absolute Gasteiger partial charge is 0.377 e. The van der Waals surface area contributed by atoms with Gasteiger partial charge in [-0.15, -0.1) is 0 Å². The highest BCUT2D eigenvalue weighted by molar-refractivity contribution is 5.80. The molecule has 1 spiro atoms. The van der Waals surface area contributed by atoms with Crippen molar-refractivity contribution in [2.75, 3.05) is 13.2 Å². The first-order valence-corrected chi connectivity index (χ1v) is 11.1. The van der Waals surface area contributed by atoms with E-state index in [1.807, 2.05) is 11.7 Å². The van der Waals surface area contributed by atoms with E-state index in [1.54, 1.807) is 0 Å². The highest BCUT2D eigenvalue weighted by Gasteiger charge is 2.65. The van der Waals surface area contributed by atoms with Gasteiger partial charge in [-0.2, -0.15) is 5.10 Å². The Morgan fingerprint density at radius 1 is 1.36 bits per heavy atom. The normalized spacial score (nSPS) is 29.6. The van der Waals surface area contributed by atoms with Crippen molar-refractivity contribution in [2.24, 2.45) is 23.4 Å². The van der Waals surface area contributed by atoms with Crippen LogP contribution in [0, 0.1) is 25.2 Å². The first kappa shape index (κ1) is 19.7. The second-order valence-corrected chi connectivity index (χ2v) is 9.15. The average molecular weight is 388 g/mol. The lowest BCUT2D eigenvalue weighted by atomic mass is 9.54. The topological polar surface area (TPSA) is 63.5 Å². The van der Waals surface area contributed by atoms with Gasteiger partial charge in [0.1, 0.15) is 0 Å². The third-order valence-electron chi connectivity index (χ3n) is 7.45. The number of aryl methyl sites for hydroxylation is 2. The summed E-state index contributed by atoms with van der Waals surface area (Å²) in [5.41, 5.74) is 4.07. The molecule has 1 aromatic rings. The summed E-state index contributed by atoms with van der Waals surface area (Å²) in [7, 11) is 2.02. The molecule has 4 atom stereocenters. The Morgan fingerprint density at radius 2 is 2.11 bits per heavy atom. The first-order chi connectivity index (χ1) is 13.5. The van der Waals surface area contributed by atoms with Gasteiger partial charge >= 0.3 is 0 Å². The maximum Gasteiger partial charge on any atom is 0.191 e. The number of aliphatic imine (C=N–C) groups is 1. The van der Waals surface area contributed by atoms with Crippen molar-refractivity contribution in [2.45, 2.75) is 84.4 Å². The molecule has 2 saturated carbocycles. The molecule has 0 radical (unpaired) electrons. The van der Waals surface area contributed by atoms with E-state index in [0.29, 0.717) is 29.5 Å². The molecule has 1 saturated heterocycles. The van der Waals surface area contributed by atoms with Crippen LogP contribution >= 0.6 is 0 Å². The molecule has 1 aromatic heterocycles. The molecule has 6 heteroatoms. The number of aromatic nitrogens is 2. The van der Waals surface area contributed by atoms with Crippen molar-refractivity contribution < 1.29 is 4.74 Å². The predicted molar refractivity (Wildman–Crippen MR) is 113 cm³/mol. The number of fused-ring (bicyclic) bond motifs is 2. The molecule has 6 nitrogen and oxygen atoms in total. The Morgan fingerprint density at radius 3 is 2.75 bits per heavy atom. The SMILES string of the molecule is CCN=C(NC(C)Cc1c(C)nn(C)c1C)NC1C2CCOC2C12CCCC2. The lowest BCUT2D eigenvalue weighted by Gasteiger charge is -2.57. The quantitative estimate of drug-likeness (QED) is 0.602. The average Bonchev–Trinajstić information content (AvgIpc) is 3.36. The monoisotopic (exact) mass is 387 g/mol. The van der Waals surface area contributed by atoms with E-state index >= 15 is 0 Å². The summed E-state index contributed by atoms with van der Waals surface area (Å²) >= 11 is 0. The second kappa shape index (κ2) is 7.69. The predicted octanol–water partition coefficient (Wildman–Crippen LogP) is 2.87. The van der Waals surface area contributed by atoms with Crippen LogP contribution in [0.1, 0.15) is 62.9 Å². The van der Waals surface area contributed by atoms with Gasteiger partial charge in [0.25, 0.3) is 0 Å². The summed E-state index contributed by atoms with van der Waals surface area (Å²) in [5, 5.41) is 12.1. The van der Waals surface area contributed by atoms with Crippen LogP contribution in [0.3, 0.4) is 0 Å². The molecule has 3 aliphatic rings. The maximum atomic E-state index is 6.14. The van der Waals surface area contributed by atoms with Gasteiger partial charge in [-0.25, -0.2) is 0 Å². The molecule has 0 bridgehead atoms. The van der Waals surface area contributed by atoms with Gasteiger partial charge < -0.3 is 15.4 Å². The maximum absolute atomic E-state index is 6.14. The number of ether oxygens (including phenoxy) is 1. The van der Waals surface area contributed by atoms with E-state index in [-0.39, 0.29) is 0 Å². The van der Waals surface area contributed by atoms with E-state index in [0.717, 1.165) is 31.2 Å². The molecular weight excluding hydrogens is 350 g/mol. The fraction of sp³-hybridized carbons (Fsp3) is 0.818. The number of nitrogens with zero attached hydrogens (tertiary/aromatic N) is 3. The standard InChI is InChI=1S/C22H37N5O/c1-6-23-21(24-14(2)13-18-15(3)26-27(5)16(18)4)25-19-17-9-12-28-20(17)22(19)10-7-8-11-22/h14,17,19-20H,6-13H2,1-5H3,(H2,23,24,25). The van der Waals surface area contributed by atoms with E-state index in [1.165, 1.54) is 43.4 Å². The molecule has 2 N–H and O–H groups in total. The summed E-state index contributed by atoms with van der Waals surface area (Å²) in [5.74, 6) is 1.62. The Kier molecular flexibility index (Phi) is 5.43. The molecule has 3 fully saturated rings. The number of hydrogen-bond donors (Lipinski definition) is 2. The molecule has 4 unspecified atom stereocenters. The Balaban J connectivity index is 1.44. The fourth-order valence-electron chi connectivity index (χ4n) is 6.05. The van der Waals surface area contributed by atoms with Gasteiger partial charge in [0.2, 0.25) is 0 Å². The molecule has 4 rings (SSSR count). The van der Waals surface area contributed by atoms with Crippen molar-refractivity contribution in [1.82, 2.24) is 20.4 Å². The third-order valence-corrected chi connectivity index (χ3v) is 7.45. The minimum Gasteiger partial charge on any atom is -0.377 e. The van der Waals surface area contributed by atoms with E-state index in [9.17, 15) is 0 Å². The zero-order valence-electron chi connectivity index (χ0n) is 18.2. The summed E-state index contributed by atoms with van der Waals surface area (Å²) in [6, 6.07) is 0.809. The summed E-state index contributed by atoms with van der Waals surface area (Å²) in [6.45, 7) is 10.3. The van der Waals surface area contributed by atoms with Gasteiger partial charge in [0.15, 0.2) is 5.96 Å². The molecule has 2 heterocycles. The molecule has 28 heavy (non-hydrogen) atoms. The minimum atomic E-state index is 0.301. The van der Waals surface area contributed by atoms with Crippen LogP contribution in [0.25, 0.3) is 0 Å². The zero-order valence-corrected chi connectivity index (χ0v) is 18.2. The second-order valence-electron chi connectivity index (χ2n) is 9.15. The molecule has 0 amide bonds. The Hall–Kier alpha value is -1.56. The van der Waals surface area contributed by atoms with Crippen molar-refractivity contribution >= 4 is 5.96 Å². The lowest BCUT2D eigenvalue weighted by molar-refractivity contribution is -0.125. The van der Waals surface area contributed by atoms with E-state index in [4.69, 9.17) is 9.73 Å². The van der Waals surface area contributed by atoms with Crippen LogP contribution < -0.4 is 10.6 Å². The fourth-order valence-corrected chi connectivity index (χ4v) is 6.05. The zero-order chi connectivity index (χ0) is 19.9. The van der Waals surface area contributed by atoms with E-state index < -0.39 is 0 Å². The third kappa shape index (κ3) is 3.23. The molecular formula is C22H37N5O. The van der Waals surface area contributed by atoms with Crippen molar-refractivity contribution in [3.63, 3.8) is 0 Å². The van der Waals surface area contributed by atoms with Gasteiger partial charge in [-0.1, -0.05) is 12.8 Å². The summed E-state index contributed by atoms with van der Waals surface area (Å²) in [6.07, 6.45) is 7.91. The van der Waals surface area contributed by atoms with Crippen LogP contribution in [0.15, 0.2) is 4.99 Å². The molecule has 1 aliphatic heterocycles. The number of nitrogens with one attached hydrogen (secondary N) is 2. The van der Waals surface area contributed by atoms with Gasteiger partial charge in [0, 0.05) is 49.3 Å². The molecule has 2 aliphatic carbocycles. The minimum absolute atomic E-state index is 0.301. The number of hydrogen-bond acceptors (Lipinski definition) is 3. The van der Waals surface area contributed by atoms with Crippen molar-refractivity contribution in [3.05, 3.63) is 17.0 Å². The van der Waals surface area contributed by atoms with Gasteiger partial charge in [-0.05, 0) is 58.9 Å². The van der Waals surface area contributed by atoms with Crippen LogP contribution in [-0.4, -0.2) is 47.1 Å². The van der Waals surface area contributed by atoms with Crippen molar-refractivity contribution in [3.8, 4) is 0 Å². The molecule has 156 valence electrons. The van der Waals surface area contributed by atoms with Crippen LogP contribution in [-0.2, 0) is 18.2 Å². The first-order valence-electron chi connectivity index (χ1n) is 11.1. The Bertz CT molecular complexity index is 734. The van der Waals surface area contributed by atoms with Crippen LogP contribution in [0.4, 0.5) is 0 Å². The Labute approximate surface area is 169 Å². The van der Waals surface area contributed by atoms with Crippen molar-refractivity contribution in [1.29, 1.82) is 0 Å². The summed E-state index contributed by atoms with van der Waals surface area (Å²) < 4.78 is 8.12. The van der Waals surface area contributed by atoms with Gasteiger partial charge in [-0.3, -0.25) is 9.67 Å². The highest BCUT2D eigenvalue weighted by atomic mass is 16.5. The number of guanidine groups is 1. The highest BCUT2D eigenvalue weighted by Crippen LogP contribution is 2.60. The van der Waals surface area contributed by atoms with Gasteiger partial charge in [0.05, 0.1) is 11.8 Å². The molecule has 0 aromatic carbocycles. The van der Waals surface area contributed by atoms with Crippen LogP contribution in [0.5, 0.6) is 0 Å². The lowest BCUT2D eigenvalue weighted by Crippen LogP contribution is -2.69.